The highest BCUT2D eigenvalue weighted by Gasteiger charge is 2.30. The molecular weight excluding hydrogens is 503 g/mol. The highest BCUT2D eigenvalue weighted by atomic mass is 35.5. The number of aryl methyl sites for hydroxylation is 2. The number of hydrogen-bond donors (Lipinski definition) is 1. The molecule has 1 N–H and O–H groups in total. The molecule has 2 amide bonds. The third-order valence-electron chi connectivity index (χ3n) is 6.52. The molecule has 0 saturated heterocycles. The van der Waals surface area contributed by atoms with Gasteiger partial charge in [-0.25, -0.2) is 0 Å². The molecule has 3 rings (SSSR count). The Balaban J connectivity index is 1.89. The Morgan fingerprint density at radius 2 is 1.59 bits per heavy atom. The van der Waals surface area contributed by atoms with Crippen molar-refractivity contribution in [3.8, 4) is 0 Å². The van der Waals surface area contributed by atoms with Crippen molar-refractivity contribution in [1.29, 1.82) is 0 Å². The van der Waals surface area contributed by atoms with Crippen LogP contribution in [-0.4, -0.2) is 29.3 Å². The van der Waals surface area contributed by atoms with E-state index in [-0.39, 0.29) is 18.4 Å². The van der Waals surface area contributed by atoms with E-state index in [0.717, 1.165) is 36.0 Å². The van der Waals surface area contributed by atoms with Crippen LogP contribution in [0.4, 0.5) is 0 Å². The number of nitrogens with one attached hydrogen (secondary N) is 1. The van der Waals surface area contributed by atoms with E-state index in [0.29, 0.717) is 35.9 Å². The van der Waals surface area contributed by atoms with E-state index in [2.05, 4.69) is 43.4 Å². The number of carbonyl (C=O) groups is 2. The molecule has 0 saturated carbocycles. The Kier molecular flexibility index (Phi) is 11.5. The van der Waals surface area contributed by atoms with E-state index < -0.39 is 6.04 Å². The van der Waals surface area contributed by atoms with Gasteiger partial charge in [-0.1, -0.05) is 104 Å². The summed E-state index contributed by atoms with van der Waals surface area (Å²) in [6, 6.07) is 22.8. The first kappa shape index (κ1) is 28.7. The lowest BCUT2D eigenvalue weighted by Crippen LogP contribution is -2.50. The van der Waals surface area contributed by atoms with Gasteiger partial charge in [-0.05, 0) is 53.6 Å². The summed E-state index contributed by atoms with van der Waals surface area (Å²) in [5.74, 6) is -0.236. The number of benzene rings is 3. The van der Waals surface area contributed by atoms with E-state index in [1.165, 1.54) is 5.56 Å². The quantitative estimate of drug-likeness (QED) is 0.237. The smallest absolute Gasteiger partial charge is 0.243 e. The molecule has 37 heavy (non-hydrogen) atoms. The van der Waals surface area contributed by atoms with Crippen molar-refractivity contribution < 1.29 is 9.59 Å². The molecule has 6 heteroatoms. The zero-order valence-corrected chi connectivity index (χ0v) is 23.2. The highest BCUT2D eigenvalue weighted by molar-refractivity contribution is 6.35. The summed E-state index contributed by atoms with van der Waals surface area (Å²) >= 11 is 12.6. The van der Waals surface area contributed by atoms with E-state index in [9.17, 15) is 9.59 Å². The van der Waals surface area contributed by atoms with Gasteiger partial charge in [-0.3, -0.25) is 9.59 Å². The van der Waals surface area contributed by atoms with Crippen LogP contribution in [0.2, 0.25) is 10.0 Å². The Hall–Kier alpha value is -2.82. The minimum atomic E-state index is -0.666. The van der Waals surface area contributed by atoms with Gasteiger partial charge in [0.25, 0.3) is 0 Å². The fraction of sp³-hybridized carbons (Fsp3) is 0.355. The number of amides is 2. The Bertz CT molecular complexity index is 1150. The number of rotatable bonds is 13. The van der Waals surface area contributed by atoms with Gasteiger partial charge in [0.2, 0.25) is 11.8 Å². The van der Waals surface area contributed by atoms with Crippen LogP contribution >= 0.6 is 23.2 Å². The van der Waals surface area contributed by atoms with Gasteiger partial charge < -0.3 is 10.2 Å². The molecule has 0 unspecified atom stereocenters. The molecule has 0 aliphatic rings. The van der Waals surface area contributed by atoms with E-state index in [1.807, 2.05) is 36.4 Å². The van der Waals surface area contributed by atoms with Gasteiger partial charge >= 0.3 is 0 Å². The van der Waals surface area contributed by atoms with Crippen molar-refractivity contribution in [1.82, 2.24) is 10.2 Å². The predicted molar refractivity (Wildman–Crippen MR) is 153 cm³/mol. The van der Waals surface area contributed by atoms with Crippen LogP contribution in [0.1, 0.15) is 55.4 Å². The lowest BCUT2D eigenvalue weighted by atomic mass is 10.0. The second-order valence-electron chi connectivity index (χ2n) is 9.28. The van der Waals surface area contributed by atoms with Gasteiger partial charge in [0.05, 0.1) is 0 Å². The monoisotopic (exact) mass is 538 g/mol. The minimum Gasteiger partial charge on any atom is -0.354 e. The molecule has 0 fully saturated rings. The fourth-order valence-corrected chi connectivity index (χ4v) is 4.70. The van der Waals surface area contributed by atoms with Crippen LogP contribution < -0.4 is 5.32 Å². The molecule has 0 radical (unpaired) electrons. The zero-order valence-electron chi connectivity index (χ0n) is 21.7. The fourth-order valence-electron chi connectivity index (χ4n) is 4.23. The van der Waals surface area contributed by atoms with Crippen LogP contribution in [0.25, 0.3) is 0 Å². The van der Waals surface area contributed by atoms with Crippen LogP contribution in [0, 0.1) is 0 Å². The summed E-state index contributed by atoms with van der Waals surface area (Å²) in [4.78, 5) is 28.9. The van der Waals surface area contributed by atoms with E-state index in [1.54, 1.807) is 17.0 Å². The van der Waals surface area contributed by atoms with Crippen molar-refractivity contribution in [2.45, 2.75) is 65.0 Å². The summed E-state index contributed by atoms with van der Waals surface area (Å²) in [5.41, 5.74) is 4.11. The molecule has 0 spiro atoms. The van der Waals surface area contributed by atoms with Gasteiger partial charge in [-0.15, -0.1) is 0 Å². The number of nitrogens with zero attached hydrogens (tertiary/aromatic N) is 1. The van der Waals surface area contributed by atoms with Crippen molar-refractivity contribution in [3.63, 3.8) is 0 Å². The average molecular weight is 540 g/mol. The molecule has 0 aliphatic carbocycles. The van der Waals surface area contributed by atoms with Crippen molar-refractivity contribution in [2.24, 2.45) is 0 Å². The SMILES string of the molecule is CCCCNC(=O)[C@H](Cc1ccccc1)N(Cc1ccc(Cl)cc1Cl)C(=O)CCc1ccc(CC)cc1. The summed E-state index contributed by atoms with van der Waals surface area (Å²) in [6.07, 6.45) is 4.15. The number of halogens is 2. The zero-order chi connectivity index (χ0) is 26.6. The molecule has 3 aromatic rings. The molecular formula is C31H36Cl2N2O2. The topological polar surface area (TPSA) is 49.4 Å². The van der Waals surface area contributed by atoms with E-state index >= 15 is 0 Å². The van der Waals surface area contributed by atoms with Crippen LogP contribution in [0.3, 0.4) is 0 Å². The second kappa shape index (κ2) is 14.8. The maximum Gasteiger partial charge on any atom is 0.243 e. The van der Waals surface area contributed by atoms with Gasteiger partial charge in [-0.2, -0.15) is 0 Å². The molecule has 196 valence electrons. The normalized spacial score (nSPS) is 11.7. The third-order valence-corrected chi connectivity index (χ3v) is 7.10. The molecule has 1 atom stereocenters. The largest absolute Gasteiger partial charge is 0.354 e. The number of hydrogen-bond acceptors (Lipinski definition) is 2. The maximum atomic E-state index is 13.8. The molecule has 0 bridgehead atoms. The van der Waals surface area contributed by atoms with Gasteiger partial charge in [0.1, 0.15) is 6.04 Å². The lowest BCUT2D eigenvalue weighted by Gasteiger charge is -2.32. The van der Waals surface area contributed by atoms with Crippen LogP contribution in [-0.2, 0) is 35.4 Å². The van der Waals surface area contributed by atoms with Crippen LogP contribution in [0.15, 0.2) is 72.8 Å². The van der Waals surface area contributed by atoms with Gasteiger partial charge in [0, 0.05) is 36.0 Å². The Labute approximate surface area is 231 Å². The summed E-state index contributed by atoms with van der Waals surface area (Å²) in [6.45, 7) is 5.01. The summed E-state index contributed by atoms with van der Waals surface area (Å²) < 4.78 is 0. The first-order valence-electron chi connectivity index (χ1n) is 13.0. The summed E-state index contributed by atoms with van der Waals surface area (Å²) in [7, 11) is 0. The third kappa shape index (κ3) is 8.91. The Morgan fingerprint density at radius 1 is 0.892 bits per heavy atom. The number of carbonyl (C=O) groups excluding carboxylic acids is 2. The first-order chi connectivity index (χ1) is 17.9. The molecule has 0 aromatic heterocycles. The minimum absolute atomic E-state index is 0.0860. The first-order valence-corrected chi connectivity index (χ1v) is 13.8. The summed E-state index contributed by atoms with van der Waals surface area (Å²) in [5, 5.41) is 4.05. The van der Waals surface area contributed by atoms with Crippen molar-refractivity contribution in [3.05, 3.63) is 105 Å². The standard InChI is InChI=1S/C31H36Cl2N2O2/c1-3-5-19-34-31(37)29(20-25-9-7-6-8-10-25)35(22-26-16-17-27(32)21-28(26)33)30(36)18-15-24-13-11-23(4-2)12-14-24/h6-14,16-17,21,29H,3-5,15,18-20,22H2,1-2H3,(H,34,37)/t29-/m0/s1. The van der Waals surface area contributed by atoms with Crippen LogP contribution in [0.5, 0.6) is 0 Å². The number of unbranched alkanes of at least 4 members (excludes halogenated alkanes) is 1. The molecule has 0 aliphatic heterocycles. The highest BCUT2D eigenvalue weighted by Crippen LogP contribution is 2.25. The van der Waals surface area contributed by atoms with Crippen molar-refractivity contribution >= 4 is 35.0 Å². The second-order valence-corrected chi connectivity index (χ2v) is 10.1. The maximum absolute atomic E-state index is 13.8. The average Bonchev–Trinajstić information content (AvgIpc) is 2.91. The molecule has 4 nitrogen and oxygen atoms in total. The predicted octanol–water partition coefficient (Wildman–Crippen LogP) is 7.04. The molecule has 3 aromatic carbocycles. The molecule has 0 heterocycles. The lowest BCUT2D eigenvalue weighted by molar-refractivity contribution is -0.141. The van der Waals surface area contributed by atoms with Gasteiger partial charge in [0.15, 0.2) is 0 Å². The Morgan fingerprint density at radius 3 is 2.24 bits per heavy atom. The van der Waals surface area contributed by atoms with E-state index in [4.69, 9.17) is 23.2 Å². The van der Waals surface area contributed by atoms with Crippen molar-refractivity contribution in [2.75, 3.05) is 6.54 Å².